The van der Waals surface area contributed by atoms with E-state index < -0.39 is 16.9 Å². The molecule has 0 saturated carbocycles. The van der Waals surface area contributed by atoms with Crippen molar-refractivity contribution in [2.75, 3.05) is 0 Å². The predicted molar refractivity (Wildman–Crippen MR) is 74.6 cm³/mol. The first-order chi connectivity index (χ1) is 9.97. The van der Waals surface area contributed by atoms with Crippen molar-refractivity contribution in [1.29, 1.82) is 0 Å². The molecule has 7 heteroatoms. The maximum atomic E-state index is 12.1. The Morgan fingerprint density at radius 3 is 2.14 bits per heavy atom. The van der Waals surface area contributed by atoms with Gasteiger partial charge < -0.3 is 24.8 Å². The molecule has 0 unspecified atom stereocenters. The van der Waals surface area contributed by atoms with E-state index >= 15 is 0 Å². The third-order valence-electron chi connectivity index (χ3n) is 3.06. The summed E-state index contributed by atoms with van der Waals surface area (Å²) in [5, 5.41) is 38.1. The van der Waals surface area contributed by atoms with E-state index in [0.717, 1.165) is 6.07 Å². The molecule has 0 aliphatic heterocycles. The van der Waals surface area contributed by atoms with Gasteiger partial charge >= 0.3 is 29.6 Å². The van der Waals surface area contributed by atoms with Crippen LogP contribution < -0.4 is 35.0 Å². The van der Waals surface area contributed by atoms with E-state index in [1.165, 1.54) is 30.3 Å². The van der Waals surface area contributed by atoms with E-state index in [-0.39, 0.29) is 57.8 Å². The second kappa shape index (κ2) is 5.92. The normalized spacial score (nSPS) is 10.4. The van der Waals surface area contributed by atoms with Gasteiger partial charge in [0.1, 0.15) is 28.2 Å². The Morgan fingerprint density at radius 1 is 0.864 bits per heavy atom. The third-order valence-corrected chi connectivity index (χ3v) is 3.06. The molecular weight excluding hydrogens is 299 g/mol. The number of phenolic OH excluding ortho intramolecular Hbond substituents is 3. The minimum atomic E-state index is -0.808. The van der Waals surface area contributed by atoms with Crippen molar-refractivity contribution in [3.63, 3.8) is 0 Å². The Morgan fingerprint density at radius 2 is 1.50 bits per heavy atom. The van der Waals surface area contributed by atoms with E-state index in [2.05, 4.69) is 0 Å². The SMILES string of the molecule is O=c1c(O)c(-c2ccc(O)cc2)oc2cc(O)cc(O)c12.[Na+]. The van der Waals surface area contributed by atoms with Crippen LogP contribution in [0.2, 0.25) is 0 Å². The molecule has 3 aromatic rings. The van der Waals surface area contributed by atoms with E-state index in [1.807, 2.05) is 0 Å². The Bertz CT molecular complexity index is 899. The minimum Gasteiger partial charge on any atom is -0.508 e. The van der Waals surface area contributed by atoms with E-state index in [1.54, 1.807) is 0 Å². The zero-order valence-corrected chi connectivity index (χ0v) is 13.6. The molecule has 0 atom stereocenters. The van der Waals surface area contributed by atoms with Gasteiger partial charge in [0.25, 0.3) is 0 Å². The summed E-state index contributed by atoms with van der Waals surface area (Å²) in [7, 11) is 0. The fourth-order valence-corrected chi connectivity index (χ4v) is 2.08. The van der Waals surface area contributed by atoms with E-state index in [0.29, 0.717) is 5.56 Å². The molecule has 0 amide bonds. The Hall–Kier alpha value is -2.15. The molecule has 0 aliphatic carbocycles. The first kappa shape index (κ1) is 16.2. The molecule has 6 nitrogen and oxygen atoms in total. The molecule has 1 heterocycles. The topological polar surface area (TPSA) is 111 Å². The number of rotatable bonds is 1. The average molecular weight is 309 g/mol. The first-order valence-corrected chi connectivity index (χ1v) is 5.98. The number of aromatic hydroxyl groups is 4. The van der Waals surface area contributed by atoms with Gasteiger partial charge in [-0.3, -0.25) is 4.79 Å². The second-order valence-electron chi connectivity index (χ2n) is 4.49. The van der Waals surface area contributed by atoms with Crippen LogP contribution in [0.3, 0.4) is 0 Å². The van der Waals surface area contributed by atoms with Gasteiger partial charge in [0.05, 0.1) is 0 Å². The predicted octanol–water partition coefficient (Wildman–Crippen LogP) is -0.714. The Kier molecular flexibility index (Phi) is 4.37. The van der Waals surface area contributed by atoms with Crippen molar-refractivity contribution in [2.45, 2.75) is 0 Å². The number of phenols is 3. The van der Waals surface area contributed by atoms with Crippen molar-refractivity contribution >= 4 is 11.0 Å². The molecule has 0 radical (unpaired) electrons. The number of fused-ring (bicyclic) bond motifs is 1. The smallest absolute Gasteiger partial charge is 0.508 e. The van der Waals surface area contributed by atoms with Crippen molar-refractivity contribution in [3.8, 4) is 34.3 Å². The first-order valence-electron chi connectivity index (χ1n) is 5.98. The van der Waals surface area contributed by atoms with Gasteiger partial charge in [0.2, 0.25) is 11.2 Å². The minimum absolute atomic E-state index is 0. The van der Waals surface area contributed by atoms with Crippen molar-refractivity contribution in [1.82, 2.24) is 0 Å². The molecule has 1 aromatic heterocycles. The van der Waals surface area contributed by atoms with Gasteiger partial charge in [-0.2, -0.15) is 0 Å². The molecule has 106 valence electrons. The van der Waals surface area contributed by atoms with Crippen LogP contribution in [-0.4, -0.2) is 20.4 Å². The average Bonchev–Trinajstić information content (AvgIpc) is 2.43. The molecule has 2 aromatic carbocycles. The van der Waals surface area contributed by atoms with Gasteiger partial charge in [-0.1, -0.05) is 0 Å². The molecule has 0 saturated heterocycles. The Labute approximate surface area is 146 Å². The zero-order chi connectivity index (χ0) is 15.1. The van der Waals surface area contributed by atoms with Crippen molar-refractivity contribution in [2.24, 2.45) is 0 Å². The quantitative estimate of drug-likeness (QED) is 0.442. The summed E-state index contributed by atoms with van der Waals surface area (Å²) >= 11 is 0. The van der Waals surface area contributed by atoms with Gasteiger partial charge in [-0.25, -0.2) is 0 Å². The van der Waals surface area contributed by atoms with Gasteiger partial charge in [-0.05, 0) is 24.3 Å². The van der Waals surface area contributed by atoms with Crippen LogP contribution in [0.5, 0.6) is 23.0 Å². The van der Waals surface area contributed by atoms with E-state index in [9.17, 15) is 25.2 Å². The van der Waals surface area contributed by atoms with Crippen molar-refractivity contribution in [3.05, 3.63) is 46.6 Å². The summed E-state index contributed by atoms with van der Waals surface area (Å²) in [6.07, 6.45) is 0. The maximum Gasteiger partial charge on any atom is 1.00 e. The molecule has 4 N–H and O–H groups in total. The summed E-state index contributed by atoms with van der Waals surface area (Å²) in [6, 6.07) is 7.82. The van der Waals surface area contributed by atoms with Crippen LogP contribution >= 0.6 is 0 Å². The zero-order valence-electron chi connectivity index (χ0n) is 11.6. The summed E-state index contributed by atoms with van der Waals surface area (Å²) in [4.78, 5) is 12.1. The maximum absolute atomic E-state index is 12.1. The monoisotopic (exact) mass is 309 g/mol. The van der Waals surface area contributed by atoms with Crippen LogP contribution in [0.1, 0.15) is 0 Å². The van der Waals surface area contributed by atoms with Crippen LogP contribution in [-0.2, 0) is 0 Å². The fourth-order valence-electron chi connectivity index (χ4n) is 2.08. The summed E-state index contributed by atoms with van der Waals surface area (Å²) in [6.45, 7) is 0. The molecule has 0 bridgehead atoms. The molecule has 0 aliphatic rings. The van der Waals surface area contributed by atoms with Gasteiger partial charge in [0.15, 0.2) is 5.76 Å². The molecule has 0 spiro atoms. The summed E-state index contributed by atoms with van der Waals surface area (Å²) in [5.41, 5.74) is -0.498. The summed E-state index contributed by atoms with van der Waals surface area (Å²) < 4.78 is 5.41. The number of benzene rings is 2. The Balaban J connectivity index is 0.00000176. The second-order valence-corrected chi connectivity index (χ2v) is 4.49. The number of hydrogen-bond donors (Lipinski definition) is 4. The van der Waals surface area contributed by atoms with Gasteiger partial charge in [-0.15, -0.1) is 0 Å². The fraction of sp³-hybridized carbons (Fsp3) is 0. The van der Waals surface area contributed by atoms with Crippen LogP contribution in [0.15, 0.2) is 45.6 Å². The van der Waals surface area contributed by atoms with Crippen molar-refractivity contribution < 1.29 is 54.4 Å². The third kappa shape index (κ3) is 2.64. The molecule has 0 fully saturated rings. The summed E-state index contributed by atoms with van der Waals surface area (Å²) in [5.74, 6) is -1.50. The standard InChI is InChI=1S/C15H10O6.Na/c16-8-3-1-7(2-4-8)15-14(20)13(19)12-10(18)5-9(17)6-11(12)21-15;/h1-6,16-18,20H;/q;+1. The molecule has 22 heavy (non-hydrogen) atoms. The molecular formula is C15H10NaO6+. The van der Waals surface area contributed by atoms with Gasteiger partial charge in [0, 0.05) is 17.7 Å². The number of hydrogen-bond acceptors (Lipinski definition) is 6. The van der Waals surface area contributed by atoms with Crippen LogP contribution in [0.4, 0.5) is 0 Å². The van der Waals surface area contributed by atoms with Crippen LogP contribution in [0.25, 0.3) is 22.3 Å². The molecule has 3 rings (SSSR count). The van der Waals surface area contributed by atoms with Crippen LogP contribution in [0, 0.1) is 0 Å². The van der Waals surface area contributed by atoms with E-state index in [4.69, 9.17) is 4.42 Å². The largest absolute Gasteiger partial charge is 1.00 e.